The summed E-state index contributed by atoms with van der Waals surface area (Å²) >= 11 is 0. The van der Waals surface area contributed by atoms with Gasteiger partial charge in [-0.25, -0.2) is 9.59 Å². The first kappa shape index (κ1) is 28.6. The third kappa shape index (κ3) is 9.84. The molecule has 0 N–H and O–H groups in total. The van der Waals surface area contributed by atoms with E-state index in [1.807, 2.05) is 13.8 Å². The van der Waals surface area contributed by atoms with Gasteiger partial charge in [0.2, 0.25) is 0 Å². The van der Waals surface area contributed by atoms with Crippen molar-refractivity contribution in [3.8, 4) is 23.0 Å². The fourth-order valence-corrected chi connectivity index (χ4v) is 3.81. The van der Waals surface area contributed by atoms with Crippen LogP contribution in [0.5, 0.6) is 23.0 Å². The Balaban J connectivity index is 1.70. The maximum absolute atomic E-state index is 12.5. The van der Waals surface area contributed by atoms with Crippen molar-refractivity contribution < 1.29 is 38.0 Å². The lowest BCUT2D eigenvalue weighted by Crippen LogP contribution is -2.22. The molecule has 0 radical (unpaired) electrons. The summed E-state index contributed by atoms with van der Waals surface area (Å²) in [7, 11) is 3.19. The summed E-state index contributed by atoms with van der Waals surface area (Å²) in [5.74, 6) is 1.80. The van der Waals surface area contributed by atoms with Gasteiger partial charge in [-0.2, -0.15) is 0 Å². The van der Waals surface area contributed by atoms with Crippen molar-refractivity contribution in [1.29, 1.82) is 0 Å². The smallest absolute Gasteiger partial charge is 0.330 e. The maximum atomic E-state index is 12.5. The van der Waals surface area contributed by atoms with Crippen LogP contribution in [0.2, 0.25) is 0 Å². The zero-order valence-corrected chi connectivity index (χ0v) is 22.3. The first-order valence-corrected chi connectivity index (χ1v) is 12.7. The van der Waals surface area contributed by atoms with Crippen LogP contribution in [0.4, 0.5) is 0 Å². The predicted molar refractivity (Wildman–Crippen MR) is 143 cm³/mol. The minimum absolute atomic E-state index is 0.358. The van der Waals surface area contributed by atoms with E-state index in [2.05, 4.69) is 0 Å². The van der Waals surface area contributed by atoms with Crippen molar-refractivity contribution in [2.24, 2.45) is 0 Å². The third-order valence-corrected chi connectivity index (χ3v) is 5.94. The van der Waals surface area contributed by atoms with Crippen LogP contribution in [-0.2, 0) is 19.1 Å². The van der Waals surface area contributed by atoms with Gasteiger partial charge in [0.25, 0.3) is 0 Å². The van der Waals surface area contributed by atoms with Crippen LogP contribution in [0, 0.1) is 0 Å². The SMILES string of the molecule is COc1ccc(O[C@H]2/C=C/C(=O)O[C@@H](C)CC[C@@H](Oc3ccc(OC)cc3)/C=C/C(=O)O[C@@H](C)CC2)cc1. The molecule has 0 bridgehead atoms. The second-order valence-corrected chi connectivity index (χ2v) is 9.03. The second-order valence-electron chi connectivity index (χ2n) is 9.03. The van der Waals surface area contributed by atoms with Crippen molar-refractivity contribution in [2.75, 3.05) is 14.2 Å². The van der Waals surface area contributed by atoms with E-state index in [1.165, 1.54) is 12.2 Å². The van der Waals surface area contributed by atoms with Crippen molar-refractivity contribution in [3.05, 3.63) is 72.8 Å². The Labute approximate surface area is 224 Å². The molecule has 0 amide bonds. The van der Waals surface area contributed by atoms with Crippen LogP contribution >= 0.6 is 0 Å². The van der Waals surface area contributed by atoms with Crippen molar-refractivity contribution in [1.82, 2.24) is 0 Å². The lowest BCUT2D eigenvalue weighted by molar-refractivity contribution is -0.143. The van der Waals surface area contributed by atoms with E-state index in [1.54, 1.807) is 74.9 Å². The third-order valence-electron chi connectivity index (χ3n) is 5.94. The van der Waals surface area contributed by atoms with Gasteiger partial charge >= 0.3 is 11.9 Å². The molecule has 8 nitrogen and oxygen atoms in total. The number of carbonyl (C=O) groups excluding carboxylic acids is 2. The Hall–Kier alpha value is -3.94. The second kappa shape index (κ2) is 14.7. The molecule has 1 aliphatic rings. The van der Waals surface area contributed by atoms with E-state index >= 15 is 0 Å². The Morgan fingerprint density at radius 3 is 1.26 bits per heavy atom. The van der Waals surface area contributed by atoms with Gasteiger partial charge in [0.1, 0.15) is 35.2 Å². The fourth-order valence-electron chi connectivity index (χ4n) is 3.81. The Kier molecular flexibility index (Phi) is 11.1. The van der Waals surface area contributed by atoms with E-state index in [-0.39, 0.29) is 12.2 Å². The molecule has 3 rings (SSSR count). The van der Waals surface area contributed by atoms with Crippen LogP contribution < -0.4 is 18.9 Å². The number of hydrogen-bond donors (Lipinski definition) is 0. The highest BCUT2D eigenvalue weighted by molar-refractivity contribution is 5.82. The summed E-state index contributed by atoms with van der Waals surface area (Å²) < 4.78 is 33.6. The molecular formula is C30H36O8. The monoisotopic (exact) mass is 524 g/mol. The molecule has 0 unspecified atom stereocenters. The summed E-state index contributed by atoms with van der Waals surface area (Å²) in [4.78, 5) is 25.0. The van der Waals surface area contributed by atoms with E-state index in [0.717, 1.165) is 0 Å². The number of cyclic esters (lactones) is 2. The van der Waals surface area contributed by atoms with Gasteiger partial charge in [0.15, 0.2) is 0 Å². The quantitative estimate of drug-likeness (QED) is 0.461. The van der Waals surface area contributed by atoms with E-state index in [9.17, 15) is 9.59 Å². The number of carbonyl (C=O) groups is 2. The first-order chi connectivity index (χ1) is 18.3. The van der Waals surface area contributed by atoms with E-state index in [4.69, 9.17) is 28.4 Å². The molecule has 1 heterocycles. The van der Waals surface area contributed by atoms with Crippen LogP contribution in [-0.4, -0.2) is 50.6 Å². The molecule has 8 heteroatoms. The standard InChI is InChI=1S/C30H36O8/c1-21-5-7-25(37-27-13-9-23(33-3)10-14-27)18-20-30(32)36-22(2)6-8-26(17-19-29(31)35-21)38-28-15-11-24(34-4)12-16-28/h9-22,25-26H,5-8H2,1-4H3/b19-17+,20-18+/t21-,22-,25+,26+/m0/s1. The average Bonchev–Trinajstić information content (AvgIpc) is 2.92. The summed E-state index contributed by atoms with van der Waals surface area (Å²) in [5.41, 5.74) is 0. The summed E-state index contributed by atoms with van der Waals surface area (Å²) in [6.07, 6.45) is 6.67. The molecule has 0 fully saturated rings. The molecule has 2 aromatic carbocycles. The van der Waals surface area contributed by atoms with Gasteiger partial charge in [0.05, 0.1) is 26.4 Å². The molecule has 1 aliphatic heterocycles. The molecule has 0 aromatic heterocycles. The summed E-state index contributed by atoms with van der Waals surface area (Å²) in [6, 6.07) is 14.4. The van der Waals surface area contributed by atoms with Crippen LogP contribution in [0.15, 0.2) is 72.8 Å². The number of hydrogen-bond acceptors (Lipinski definition) is 8. The van der Waals surface area contributed by atoms with Crippen LogP contribution in [0.25, 0.3) is 0 Å². The Morgan fingerprint density at radius 1 is 0.579 bits per heavy atom. The van der Waals surface area contributed by atoms with Crippen molar-refractivity contribution in [3.63, 3.8) is 0 Å². The fraction of sp³-hybridized carbons (Fsp3) is 0.400. The molecule has 0 aliphatic carbocycles. The number of methoxy groups -OCH3 is 2. The molecule has 0 saturated carbocycles. The van der Waals surface area contributed by atoms with Crippen molar-refractivity contribution >= 4 is 11.9 Å². The number of benzene rings is 2. The normalized spacial score (nSPS) is 24.8. The Bertz CT molecular complexity index is 987. The van der Waals surface area contributed by atoms with E-state index in [0.29, 0.717) is 48.7 Å². The van der Waals surface area contributed by atoms with Gasteiger partial charge in [-0.3, -0.25) is 0 Å². The highest BCUT2D eigenvalue weighted by atomic mass is 16.5. The van der Waals surface area contributed by atoms with Gasteiger partial charge in [-0.15, -0.1) is 0 Å². The number of rotatable bonds is 6. The predicted octanol–water partition coefficient (Wildman–Crippen LogP) is 5.45. The molecule has 4 atom stereocenters. The zero-order chi connectivity index (χ0) is 27.3. The zero-order valence-electron chi connectivity index (χ0n) is 22.3. The molecule has 2 aromatic rings. The Morgan fingerprint density at radius 2 is 0.921 bits per heavy atom. The number of ether oxygens (including phenoxy) is 6. The number of esters is 2. The van der Waals surface area contributed by atoms with Crippen LogP contribution in [0.1, 0.15) is 39.5 Å². The van der Waals surface area contributed by atoms with E-state index < -0.39 is 24.1 Å². The lowest BCUT2D eigenvalue weighted by Gasteiger charge is -2.20. The highest BCUT2D eigenvalue weighted by Gasteiger charge is 2.17. The first-order valence-electron chi connectivity index (χ1n) is 12.7. The van der Waals surface area contributed by atoms with Gasteiger partial charge in [0, 0.05) is 12.2 Å². The summed E-state index contributed by atoms with van der Waals surface area (Å²) in [6.45, 7) is 3.65. The molecule has 0 spiro atoms. The van der Waals surface area contributed by atoms with Crippen molar-refractivity contribution in [2.45, 2.75) is 63.9 Å². The molecule has 38 heavy (non-hydrogen) atoms. The minimum atomic E-state index is -0.449. The van der Waals surface area contributed by atoms with Gasteiger partial charge in [-0.05, 0) is 100 Å². The van der Waals surface area contributed by atoms with Gasteiger partial charge < -0.3 is 28.4 Å². The summed E-state index contributed by atoms with van der Waals surface area (Å²) in [5, 5.41) is 0. The van der Waals surface area contributed by atoms with Gasteiger partial charge in [-0.1, -0.05) is 0 Å². The largest absolute Gasteiger partial charge is 0.497 e. The lowest BCUT2D eigenvalue weighted by atomic mass is 10.1. The maximum Gasteiger partial charge on any atom is 0.330 e. The molecule has 0 saturated heterocycles. The molecular weight excluding hydrogens is 488 g/mol. The highest BCUT2D eigenvalue weighted by Crippen LogP contribution is 2.22. The minimum Gasteiger partial charge on any atom is -0.497 e. The topological polar surface area (TPSA) is 89.5 Å². The molecule has 204 valence electrons. The average molecular weight is 525 g/mol. The van der Waals surface area contributed by atoms with Crippen LogP contribution in [0.3, 0.4) is 0 Å².